The fourth-order valence-corrected chi connectivity index (χ4v) is 3.56. The van der Waals surface area contributed by atoms with E-state index in [-0.39, 0.29) is 17.1 Å². The van der Waals surface area contributed by atoms with Crippen molar-refractivity contribution < 1.29 is 9.52 Å². The molecule has 0 saturated carbocycles. The summed E-state index contributed by atoms with van der Waals surface area (Å²) in [5.41, 5.74) is 1.56. The molecule has 2 aromatic heterocycles. The SMILES string of the molecule is CC(C)C(Sc1cccc[n+]1[O-])C(=O)Nc1cccc2ncccc12. The van der Waals surface area contributed by atoms with Gasteiger partial charge in [-0.05, 0) is 48.0 Å². The average Bonchev–Trinajstić information content (AvgIpc) is 2.61. The Bertz CT molecular complexity index is 893. The highest BCUT2D eigenvalue weighted by Gasteiger charge is 2.27. The summed E-state index contributed by atoms with van der Waals surface area (Å²) < 4.78 is 0.787. The van der Waals surface area contributed by atoms with E-state index in [1.54, 1.807) is 24.4 Å². The summed E-state index contributed by atoms with van der Waals surface area (Å²) in [5, 5.41) is 15.9. The van der Waals surface area contributed by atoms with Crippen molar-refractivity contribution in [3.05, 3.63) is 66.1 Å². The highest BCUT2D eigenvalue weighted by Crippen LogP contribution is 2.28. The first-order valence-electron chi connectivity index (χ1n) is 8.05. The number of thioether (sulfide) groups is 1. The molecular weight excluding hydrogens is 334 g/mol. The van der Waals surface area contributed by atoms with Crippen LogP contribution in [0.4, 0.5) is 5.69 Å². The number of benzene rings is 1. The predicted molar refractivity (Wildman–Crippen MR) is 100 cm³/mol. The third kappa shape index (κ3) is 3.91. The van der Waals surface area contributed by atoms with E-state index < -0.39 is 0 Å². The number of hydrogen-bond acceptors (Lipinski definition) is 4. The molecule has 1 unspecified atom stereocenters. The molecule has 3 aromatic rings. The molecule has 0 saturated heterocycles. The molecule has 3 rings (SSSR count). The molecule has 0 aliphatic rings. The van der Waals surface area contributed by atoms with Crippen molar-refractivity contribution in [2.75, 3.05) is 5.32 Å². The molecule has 0 spiro atoms. The molecule has 5 nitrogen and oxygen atoms in total. The molecule has 1 aromatic carbocycles. The van der Waals surface area contributed by atoms with Crippen LogP contribution in [0.3, 0.4) is 0 Å². The molecule has 0 bridgehead atoms. The largest absolute Gasteiger partial charge is 0.618 e. The van der Waals surface area contributed by atoms with Gasteiger partial charge in [0.05, 0.1) is 16.5 Å². The van der Waals surface area contributed by atoms with E-state index in [1.807, 2.05) is 44.2 Å². The summed E-state index contributed by atoms with van der Waals surface area (Å²) in [6.07, 6.45) is 3.16. The quantitative estimate of drug-likeness (QED) is 0.432. The second-order valence-corrected chi connectivity index (χ2v) is 7.17. The molecule has 1 amide bonds. The molecular formula is C19H19N3O2S. The summed E-state index contributed by atoms with van der Waals surface area (Å²) in [7, 11) is 0. The normalized spacial score (nSPS) is 12.3. The minimum atomic E-state index is -0.380. The second-order valence-electron chi connectivity index (χ2n) is 6.01. The van der Waals surface area contributed by atoms with Crippen LogP contribution in [0.15, 0.2) is 66.0 Å². The molecule has 0 radical (unpaired) electrons. The van der Waals surface area contributed by atoms with Gasteiger partial charge in [-0.25, -0.2) is 0 Å². The number of anilines is 1. The molecule has 6 heteroatoms. The molecule has 0 aliphatic carbocycles. The van der Waals surface area contributed by atoms with Gasteiger partial charge in [0.2, 0.25) is 5.91 Å². The molecule has 128 valence electrons. The number of fused-ring (bicyclic) bond motifs is 1. The van der Waals surface area contributed by atoms with Crippen LogP contribution in [-0.2, 0) is 4.79 Å². The number of carbonyl (C=O) groups is 1. The van der Waals surface area contributed by atoms with E-state index in [0.717, 1.165) is 21.3 Å². The standard InChI is InChI=1S/C19H19N3O2S/c1-13(2)18(25-17-10-3-4-12-22(17)24)19(23)21-16-9-5-8-15-14(16)7-6-11-20-15/h3-13,18H,1-2H3,(H,21,23). The fourth-order valence-electron chi connectivity index (χ4n) is 2.54. The number of carbonyl (C=O) groups excluding carboxylic acids is 1. The van der Waals surface area contributed by atoms with Gasteiger partial charge in [0, 0.05) is 23.7 Å². The third-order valence-corrected chi connectivity index (χ3v) is 5.37. The zero-order chi connectivity index (χ0) is 17.8. The Morgan fingerprint density at radius 1 is 1.16 bits per heavy atom. The van der Waals surface area contributed by atoms with E-state index in [0.29, 0.717) is 5.03 Å². The zero-order valence-corrected chi connectivity index (χ0v) is 14.9. The fraction of sp³-hybridized carbons (Fsp3) is 0.211. The minimum absolute atomic E-state index is 0.0679. The van der Waals surface area contributed by atoms with E-state index in [9.17, 15) is 10.0 Å². The van der Waals surface area contributed by atoms with Crippen molar-refractivity contribution >= 4 is 34.3 Å². The van der Waals surface area contributed by atoms with Crippen LogP contribution >= 0.6 is 11.8 Å². The van der Waals surface area contributed by atoms with Gasteiger partial charge in [-0.1, -0.05) is 19.9 Å². The Morgan fingerprint density at radius 2 is 2.00 bits per heavy atom. The van der Waals surface area contributed by atoms with Crippen molar-refractivity contribution in [3.63, 3.8) is 0 Å². The topological polar surface area (TPSA) is 68.9 Å². The maximum atomic E-state index is 12.8. The number of nitrogens with zero attached hydrogens (tertiary/aromatic N) is 2. The van der Waals surface area contributed by atoms with Crippen LogP contribution in [-0.4, -0.2) is 16.1 Å². The number of aromatic nitrogens is 2. The average molecular weight is 353 g/mol. The number of pyridine rings is 2. The lowest BCUT2D eigenvalue weighted by molar-refractivity contribution is -0.645. The van der Waals surface area contributed by atoms with E-state index in [1.165, 1.54) is 18.0 Å². The van der Waals surface area contributed by atoms with Crippen molar-refractivity contribution in [2.45, 2.75) is 24.1 Å². The first-order valence-corrected chi connectivity index (χ1v) is 8.93. The van der Waals surface area contributed by atoms with Gasteiger partial charge < -0.3 is 10.5 Å². The van der Waals surface area contributed by atoms with Crippen molar-refractivity contribution in [3.8, 4) is 0 Å². The first kappa shape index (κ1) is 17.2. The highest BCUT2D eigenvalue weighted by molar-refractivity contribution is 8.00. The number of amides is 1. The van der Waals surface area contributed by atoms with Gasteiger partial charge >= 0.3 is 0 Å². The van der Waals surface area contributed by atoms with Crippen LogP contribution in [0.1, 0.15) is 13.8 Å². The molecule has 0 fully saturated rings. The molecule has 25 heavy (non-hydrogen) atoms. The van der Waals surface area contributed by atoms with Gasteiger partial charge in [0.15, 0.2) is 6.20 Å². The Balaban J connectivity index is 1.85. The maximum Gasteiger partial charge on any atom is 0.252 e. The Kier molecular flexibility index (Phi) is 5.19. The molecule has 2 heterocycles. The molecule has 1 N–H and O–H groups in total. The van der Waals surface area contributed by atoms with E-state index in [2.05, 4.69) is 10.3 Å². The highest BCUT2D eigenvalue weighted by atomic mass is 32.2. The van der Waals surface area contributed by atoms with Crippen LogP contribution in [0.5, 0.6) is 0 Å². The Labute approximate surface area is 150 Å². The monoisotopic (exact) mass is 353 g/mol. The zero-order valence-electron chi connectivity index (χ0n) is 14.0. The van der Waals surface area contributed by atoms with Crippen molar-refractivity contribution in [1.29, 1.82) is 0 Å². The van der Waals surface area contributed by atoms with Crippen molar-refractivity contribution in [2.24, 2.45) is 5.92 Å². The summed E-state index contributed by atoms with van der Waals surface area (Å²) in [5.74, 6) is -0.0569. The van der Waals surface area contributed by atoms with E-state index >= 15 is 0 Å². The van der Waals surface area contributed by atoms with Gasteiger partial charge in [0.1, 0.15) is 0 Å². The number of rotatable bonds is 5. The van der Waals surface area contributed by atoms with Crippen LogP contribution < -0.4 is 10.0 Å². The third-order valence-electron chi connectivity index (χ3n) is 3.80. The van der Waals surface area contributed by atoms with Crippen LogP contribution in [0.25, 0.3) is 10.9 Å². The second kappa shape index (κ2) is 7.53. The maximum absolute atomic E-state index is 12.8. The van der Waals surface area contributed by atoms with Gasteiger partial charge in [0.25, 0.3) is 5.03 Å². The van der Waals surface area contributed by atoms with Gasteiger partial charge in [-0.3, -0.25) is 9.78 Å². The van der Waals surface area contributed by atoms with Crippen LogP contribution in [0, 0.1) is 11.1 Å². The number of hydrogen-bond donors (Lipinski definition) is 1. The summed E-state index contributed by atoms with van der Waals surface area (Å²) in [6, 6.07) is 14.6. The predicted octanol–water partition coefficient (Wildman–Crippen LogP) is 3.62. The molecule has 0 aliphatic heterocycles. The lowest BCUT2D eigenvalue weighted by Gasteiger charge is -2.19. The number of nitrogens with one attached hydrogen (secondary N) is 1. The Hall–Kier alpha value is -2.60. The minimum Gasteiger partial charge on any atom is -0.618 e. The Morgan fingerprint density at radius 3 is 2.76 bits per heavy atom. The van der Waals surface area contributed by atoms with Gasteiger partial charge in [-0.2, -0.15) is 4.73 Å². The van der Waals surface area contributed by atoms with Gasteiger partial charge in [-0.15, -0.1) is 0 Å². The molecule has 1 atom stereocenters. The lowest BCUT2D eigenvalue weighted by atomic mass is 10.1. The first-order chi connectivity index (χ1) is 12.1. The van der Waals surface area contributed by atoms with E-state index in [4.69, 9.17) is 0 Å². The summed E-state index contributed by atoms with van der Waals surface area (Å²) in [6.45, 7) is 3.94. The summed E-state index contributed by atoms with van der Waals surface area (Å²) >= 11 is 1.28. The lowest BCUT2D eigenvalue weighted by Crippen LogP contribution is -2.34. The summed E-state index contributed by atoms with van der Waals surface area (Å²) in [4.78, 5) is 17.2. The van der Waals surface area contributed by atoms with Crippen molar-refractivity contribution in [1.82, 2.24) is 4.98 Å². The van der Waals surface area contributed by atoms with Crippen LogP contribution in [0.2, 0.25) is 0 Å². The smallest absolute Gasteiger partial charge is 0.252 e.